The van der Waals surface area contributed by atoms with E-state index in [1.165, 1.54) is 10.8 Å². The third kappa shape index (κ3) is 1.92. The fourth-order valence-electron chi connectivity index (χ4n) is 2.13. The Balaban J connectivity index is 2.31. The van der Waals surface area contributed by atoms with Gasteiger partial charge in [-0.2, -0.15) is 9.61 Å². The number of nitrogen functional groups attached to an aromatic ring is 1. The summed E-state index contributed by atoms with van der Waals surface area (Å²) in [6, 6.07) is 9.72. The van der Waals surface area contributed by atoms with Gasteiger partial charge in [-0.25, -0.2) is 9.97 Å². The molecule has 0 bridgehead atoms. The summed E-state index contributed by atoms with van der Waals surface area (Å²) in [4.78, 5) is 8.59. The Labute approximate surface area is 109 Å². The first-order valence-electron chi connectivity index (χ1n) is 5.95. The molecule has 2 aromatic heterocycles. The molecular weight excluding hydrogens is 242 g/mol. The standard InChI is InChI=1S/C13H13N5O/c14-13-17-11(9-4-2-1-3-5-9)10(6-7-19)12-15-8-16-18(12)13/h1-5,8,19H,6-7H2,(H2,14,17). The van der Waals surface area contributed by atoms with Crippen molar-refractivity contribution in [1.29, 1.82) is 0 Å². The molecule has 0 fully saturated rings. The zero-order chi connectivity index (χ0) is 13.2. The largest absolute Gasteiger partial charge is 0.396 e. The van der Waals surface area contributed by atoms with Crippen LogP contribution >= 0.6 is 0 Å². The van der Waals surface area contributed by atoms with Gasteiger partial charge in [0.25, 0.3) is 0 Å². The van der Waals surface area contributed by atoms with E-state index in [2.05, 4.69) is 15.1 Å². The highest BCUT2D eigenvalue weighted by Crippen LogP contribution is 2.25. The maximum atomic E-state index is 9.24. The topological polar surface area (TPSA) is 89.3 Å². The highest BCUT2D eigenvalue weighted by Gasteiger charge is 2.15. The molecule has 0 aliphatic heterocycles. The van der Waals surface area contributed by atoms with Crippen LogP contribution in [0.2, 0.25) is 0 Å². The molecule has 3 rings (SSSR count). The van der Waals surface area contributed by atoms with Crippen LogP contribution in [-0.2, 0) is 6.42 Å². The zero-order valence-electron chi connectivity index (χ0n) is 10.2. The highest BCUT2D eigenvalue weighted by atomic mass is 16.3. The lowest BCUT2D eigenvalue weighted by Crippen LogP contribution is -2.08. The van der Waals surface area contributed by atoms with E-state index < -0.39 is 0 Å². The number of nitrogens with two attached hydrogens (primary N) is 1. The van der Waals surface area contributed by atoms with Crippen LogP contribution in [0.5, 0.6) is 0 Å². The molecule has 6 heteroatoms. The number of anilines is 1. The molecule has 96 valence electrons. The summed E-state index contributed by atoms with van der Waals surface area (Å²) in [6.45, 7) is 0.0218. The van der Waals surface area contributed by atoms with Gasteiger partial charge in [0, 0.05) is 24.2 Å². The minimum absolute atomic E-state index is 0.0218. The van der Waals surface area contributed by atoms with Gasteiger partial charge in [-0.1, -0.05) is 30.3 Å². The third-order valence-electron chi connectivity index (χ3n) is 2.96. The van der Waals surface area contributed by atoms with Crippen molar-refractivity contribution in [1.82, 2.24) is 19.6 Å². The van der Waals surface area contributed by atoms with Crippen molar-refractivity contribution in [3.63, 3.8) is 0 Å². The molecule has 3 aromatic rings. The summed E-state index contributed by atoms with van der Waals surface area (Å²) < 4.78 is 1.48. The molecule has 0 atom stereocenters. The fourth-order valence-corrected chi connectivity index (χ4v) is 2.13. The van der Waals surface area contributed by atoms with Crippen LogP contribution in [0, 0.1) is 0 Å². The molecule has 0 radical (unpaired) electrons. The van der Waals surface area contributed by atoms with E-state index >= 15 is 0 Å². The molecule has 6 nitrogen and oxygen atoms in total. The number of hydrogen-bond acceptors (Lipinski definition) is 5. The number of aliphatic hydroxyl groups is 1. The molecule has 0 saturated heterocycles. The zero-order valence-corrected chi connectivity index (χ0v) is 10.2. The van der Waals surface area contributed by atoms with E-state index in [0.717, 1.165) is 16.8 Å². The van der Waals surface area contributed by atoms with Crippen LogP contribution < -0.4 is 5.73 Å². The Morgan fingerprint density at radius 3 is 2.74 bits per heavy atom. The van der Waals surface area contributed by atoms with E-state index in [1.807, 2.05) is 30.3 Å². The highest BCUT2D eigenvalue weighted by molar-refractivity contribution is 5.71. The normalized spacial score (nSPS) is 11.0. The predicted molar refractivity (Wildman–Crippen MR) is 71.4 cm³/mol. The van der Waals surface area contributed by atoms with E-state index in [1.54, 1.807) is 0 Å². The van der Waals surface area contributed by atoms with Crippen LogP contribution in [0.3, 0.4) is 0 Å². The van der Waals surface area contributed by atoms with E-state index in [0.29, 0.717) is 12.1 Å². The van der Waals surface area contributed by atoms with Crippen molar-refractivity contribution in [2.75, 3.05) is 12.3 Å². The summed E-state index contributed by atoms with van der Waals surface area (Å²) in [6.07, 6.45) is 1.89. The average Bonchev–Trinajstić information content (AvgIpc) is 2.93. The molecule has 0 saturated carbocycles. The summed E-state index contributed by atoms with van der Waals surface area (Å²) in [7, 11) is 0. The van der Waals surface area contributed by atoms with Crippen LogP contribution in [0.1, 0.15) is 5.56 Å². The Bertz CT molecular complexity index is 708. The lowest BCUT2D eigenvalue weighted by molar-refractivity contribution is 0.300. The number of rotatable bonds is 3. The molecule has 19 heavy (non-hydrogen) atoms. The van der Waals surface area contributed by atoms with Gasteiger partial charge < -0.3 is 10.8 Å². The SMILES string of the molecule is Nc1nc(-c2ccccc2)c(CCO)c2ncnn12. The van der Waals surface area contributed by atoms with Crippen molar-refractivity contribution in [3.05, 3.63) is 42.2 Å². The van der Waals surface area contributed by atoms with Gasteiger partial charge in [0.15, 0.2) is 5.65 Å². The van der Waals surface area contributed by atoms with Crippen LogP contribution in [-0.4, -0.2) is 31.3 Å². The van der Waals surface area contributed by atoms with E-state index in [4.69, 9.17) is 5.73 Å². The number of nitrogens with zero attached hydrogens (tertiary/aromatic N) is 4. The molecular formula is C13H13N5O. The van der Waals surface area contributed by atoms with Gasteiger partial charge in [-0.15, -0.1) is 0 Å². The Morgan fingerprint density at radius 2 is 2.00 bits per heavy atom. The fraction of sp³-hybridized carbons (Fsp3) is 0.154. The second kappa shape index (κ2) is 4.66. The summed E-state index contributed by atoms with van der Waals surface area (Å²) in [5.41, 5.74) is 9.07. The molecule has 0 spiro atoms. The number of benzene rings is 1. The molecule has 0 unspecified atom stereocenters. The van der Waals surface area contributed by atoms with E-state index in [-0.39, 0.29) is 12.6 Å². The van der Waals surface area contributed by atoms with Crippen molar-refractivity contribution in [2.24, 2.45) is 0 Å². The molecule has 2 heterocycles. The van der Waals surface area contributed by atoms with Crippen molar-refractivity contribution >= 4 is 11.6 Å². The smallest absolute Gasteiger partial charge is 0.223 e. The van der Waals surface area contributed by atoms with Crippen LogP contribution in [0.15, 0.2) is 36.7 Å². The minimum atomic E-state index is 0.0218. The second-order valence-corrected chi connectivity index (χ2v) is 4.13. The monoisotopic (exact) mass is 255 g/mol. The van der Waals surface area contributed by atoms with E-state index in [9.17, 15) is 5.11 Å². The minimum Gasteiger partial charge on any atom is -0.396 e. The summed E-state index contributed by atoms with van der Waals surface area (Å²) in [5.74, 6) is 0.285. The molecule has 0 aliphatic rings. The first-order chi connectivity index (χ1) is 9.31. The summed E-state index contributed by atoms with van der Waals surface area (Å²) >= 11 is 0. The second-order valence-electron chi connectivity index (χ2n) is 4.13. The number of hydrogen-bond donors (Lipinski definition) is 2. The van der Waals surface area contributed by atoms with Gasteiger partial charge in [-0.3, -0.25) is 0 Å². The molecule has 1 aromatic carbocycles. The quantitative estimate of drug-likeness (QED) is 0.726. The van der Waals surface area contributed by atoms with Crippen LogP contribution in [0.25, 0.3) is 16.9 Å². The lowest BCUT2D eigenvalue weighted by Gasteiger charge is -2.10. The molecule has 3 N–H and O–H groups in total. The Morgan fingerprint density at radius 1 is 1.21 bits per heavy atom. The molecule has 0 aliphatic carbocycles. The maximum Gasteiger partial charge on any atom is 0.223 e. The van der Waals surface area contributed by atoms with Gasteiger partial charge in [0.05, 0.1) is 5.69 Å². The van der Waals surface area contributed by atoms with Crippen molar-refractivity contribution < 1.29 is 5.11 Å². The number of fused-ring (bicyclic) bond motifs is 1. The van der Waals surface area contributed by atoms with Crippen LogP contribution in [0.4, 0.5) is 5.95 Å². The Kier molecular flexibility index (Phi) is 2.85. The van der Waals surface area contributed by atoms with Gasteiger partial charge in [-0.05, 0) is 0 Å². The lowest BCUT2D eigenvalue weighted by atomic mass is 10.0. The molecule has 0 amide bonds. The van der Waals surface area contributed by atoms with Gasteiger partial charge >= 0.3 is 0 Å². The first kappa shape index (κ1) is 11.6. The first-order valence-corrected chi connectivity index (χ1v) is 5.95. The van der Waals surface area contributed by atoms with Crippen molar-refractivity contribution in [2.45, 2.75) is 6.42 Å². The van der Waals surface area contributed by atoms with Gasteiger partial charge in [0.1, 0.15) is 6.33 Å². The number of aromatic nitrogens is 4. The predicted octanol–water partition coefficient (Wildman–Crippen LogP) is 0.908. The number of aliphatic hydroxyl groups excluding tert-OH is 1. The summed E-state index contributed by atoms with van der Waals surface area (Å²) in [5, 5.41) is 13.3. The van der Waals surface area contributed by atoms with Crippen molar-refractivity contribution in [3.8, 4) is 11.3 Å². The Hall–Kier alpha value is -2.47. The maximum absolute atomic E-state index is 9.24. The third-order valence-corrected chi connectivity index (χ3v) is 2.96. The van der Waals surface area contributed by atoms with Gasteiger partial charge in [0.2, 0.25) is 5.95 Å². The average molecular weight is 255 g/mol.